The highest BCUT2D eigenvalue weighted by Gasteiger charge is 2.18. The van der Waals surface area contributed by atoms with E-state index in [-0.39, 0.29) is 6.04 Å². The maximum atomic E-state index is 5.88. The van der Waals surface area contributed by atoms with Crippen molar-refractivity contribution < 1.29 is 0 Å². The Morgan fingerprint density at radius 3 is 3.04 bits per heavy atom. The van der Waals surface area contributed by atoms with Gasteiger partial charge in [0, 0.05) is 25.7 Å². The number of hydrogen-bond donors (Lipinski definition) is 2. The molecule has 0 amide bonds. The molecule has 0 saturated carbocycles. The first-order valence-corrected chi connectivity index (χ1v) is 8.16. The summed E-state index contributed by atoms with van der Waals surface area (Å²) < 4.78 is 4.26. The van der Waals surface area contributed by atoms with Gasteiger partial charge in [-0.25, -0.2) is 9.97 Å². The zero-order chi connectivity index (χ0) is 16.0. The number of fused-ring (bicyclic) bond motifs is 2. The number of benzene rings is 1. The molecule has 1 atom stereocenters. The molecular weight excluding hydrogens is 288 g/mol. The lowest BCUT2D eigenvalue weighted by Crippen LogP contribution is -2.17. The van der Waals surface area contributed by atoms with E-state index in [4.69, 9.17) is 5.73 Å². The Bertz CT molecular complexity index is 859. The van der Waals surface area contributed by atoms with Crippen molar-refractivity contribution in [3.63, 3.8) is 0 Å². The molecule has 23 heavy (non-hydrogen) atoms. The van der Waals surface area contributed by atoms with Crippen LogP contribution in [0.1, 0.15) is 37.3 Å². The first kappa shape index (κ1) is 14.1. The molecule has 6 heteroatoms. The summed E-state index contributed by atoms with van der Waals surface area (Å²) in [4.78, 5) is 8.97. The molecule has 2 aromatic heterocycles. The fourth-order valence-corrected chi connectivity index (χ4v) is 3.42. The number of nitrogen functional groups attached to an aromatic ring is 1. The van der Waals surface area contributed by atoms with E-state index in [1.807, 2.05) is 17.8 Å². The van der Waals surface area contributed by atoms with E-state index in [0.29, 0.717) is 5.95 Å². The standard InChI is InChI=1S/C17H22N6/c1-11(15-10-19-16-5-3-4-8-23(15)16)20-12-6-7-14-13(9-12)21-17(18)22(14)2/h6-7,9-11,20H,3-5,8H2,1-2H3,(H2,18,21)/t11-/m1/s1. The third-order valence-corrected chi connectivity index (χ3v) is 4.74. The summed E-state index contributed by atoms with van der Waals surface area (Å²) in [6.07, 6.45) is 5.58. The number of hydrogen-bond acceptors (Lipinski definition) is 4. The van der Waals surface area contributed by atoms with Gasteiger partial charge in [0.25, 0.3) is 0 Å². The second-order valence-corrected chi connectivity index (χ2v) is 6.31. The van der Waals surface area contributed by atoms with Gasteiger partial charge in [-0.15, -0.1) is 0 Å². The van der Waals surface area contributed by atoms with Crippen molar-refractivity contribution in [2.45, 2.75) is 38.8 Å². The average Bonchev–Trinajstić information content (AvgIpc) is 3.09. The SMILES string of the molecule is C[C@@H](Nc1ccc2c(c1)nc(N)n2C)c1cnc2n1CCCC2. The normalized spacial score (nSPS) is 15.6. The van der Waals surface area contributed by atoms with E-state index in [2.05, 4.69) is 45.0 Å². The van der Waals surface area contributed by atoms with E-state index < -0.39 is 0 Å². The van der Waals surface area contributed by atoms with E-state index in [1.165, 1.54) is 24.4 Å². The number of rotatable bonds is 3. The Labute approximate surface area is 135 Å². The Morgan fingerprint density at radius 1 is 1.30 bits per heavy atom. The number of aromatic nitrogens is 4. The number of imidazole rings is 2. The van der Waals surface area contributed by atoms with Crippen molar-refractivity contribution >= 4 is 22.7 Å². The monoisotopic (exact) mass is 310 g/mol. The van der Waals surface area contributed by atoms with Gasteiger partial charge in [0.1, 0.15) is 5.82 Å². The number of nitrogens with zero attached hydrogens (tertiary/aromatic N) is 4. The van der Waals surface area contributed by atoms with Crippen molar-refractivity contribution in [3.8, 4) is 0 Å². The van der Waals surface area contributed by atoms with Crippen molar-refractivity contribution in [3.05, 3.63) is 35.9 Å². The van der Waals surface area contributed by atoms with E-state index in [1.54, 1.807) is 0 Å². The number of anilines is 2. The number of nitrogens with one attached hydrogen (secondary N) is 1. The zero-order valence-electron chi connectivity index (χ0n) is 13.6. The second kappa shape index (κ2) is 5.30. The van der Waals surface area contributed by atoms with Gasteiger partial charge < -0.3 is 20.2 Å². The smallest absolute Gasteiger partial charge is 0.200 e. The molecule has 1 aromatic carbocycles. The fraction of sp³-hybridized carbons (Fsp3) is 0.412. The molecule has 3 aromatic rings. The van der Waals surface area contributed by atoms with Gasteiger partial charge in [-0.2, -0.15) is 0 Å². The highest BCUT2D eigenvalue weighted by atomic mass is 15.1. The van der Waals surface area contributed by atoms with Crippen LogP contribution in [0, 0.1) is 0 Å². The molecule has 0 spiro atoms. The van der Waals surface area contributed by atoms with E-state index >= 15 is 0 Å². The fourth-order valence-electron chi connectivity index (χ4n) is 3.42. The predicted molar refractivity (Wildman–Crippen MR) is 92.3 cm³/mol. The minimum absolute atomic E-state index is 0.202. The van der Waals surface area contributed by atoms with Crippen molar-refractivity contribution in [2.24, 2.45) is 7.05 Å². The Kier molecular flexibility index (Phi) is 3.25. The quantitative estimate of drug-likeness (QED) is 0.780. The maximum Gasteiger partial charge on any atom is 0.200 e. The Hall–Kier alpha value is -2.50. The largest absolute Gasteiger partial charge is 0.377 e. The molecule has 120 valence electrons. The third kappa shape index (κ3) is 2.34. The molecule has 3 N–H and O–H groups in total. The summed E-state index contributed by atoms with van der Waals surface area (Å²) in [7, 11) is 1.93. The van der Waals surface area contributed by atoms with Crippen LogP contribution in [0.15, 0.2) is 24.4 Å². The van der Waals surface area contributed by atoms with Gasteiger partial charge in [0.2, 0.25) is 5.95 Å². The maximum absolute atomic E-state index is 5.88. The molecule has 4 rings (SSSR count). The molecule has 1 aliphatic heterocycles. The van der Waals surface area contributed by atoms with Crippen LogP contribution in [0.25, 0.3) is 11.0 Å². The molecule has 0 radical (unpaired) electrons. The highest BCUT2D eigenvalue weighted by molar-refractivity contribution is 5.82. The van der Waals surface area contributed by atoms with Gasteiger partial charge in [0.15, 0.2) is 0 Å². The number of nitrogens with two attached hydrogens (primary N) is 1. The third-order valence-electron chi connectivity index (χ3n) is 4.74. The Balaban J connectivity index is 1.61. The summed E-state index contributed by atoms with van der Waals surface area (Å²) in [5, 5.41) is 3.56. The van der Waals surface area contributed by atoms with Crippen molar-refractivity contribution in [1.82, 2.24) is 19.1 Å². The zero-order valence-corrected chi connectivity index (χ0v) is 13.6. The number of aryl methyl sites for hydroxylation is 2. The van der Waals surface area contributed by atoms with E-state index in [9.17, 15) is 0 Å². The first-order chi connectivity index (χ1) is 11.1. The molecule has 0 fully saturated rings. The lowest BCUT2D eigenvalue weighted by Gasteiger charge is -2.21. The predicted octanol–water partition coefficient (Wildman–Crippen LogP) is 2.86. The van der Waals surface area contributed by atoms with Crippen LogP contribution in [0.2, 0.25) is 0 Å². The van der Waals surface area contributed by atoms with Crippen LogP contribution in [0.5, 0.6) is 0 Å². The summed E-state index contributed by atoms with van der Waals surface area (Å²) in [6.45, 7) is 3.25. The molecule has 1 aliphatic rings. The first-order valence-electron chi connectivity index (χ1n) is 8.16. The summed E-state index contributed by atoms with van der Waals surface area (Å²) >= 11 is 0. The van der Waals surface area contributed by atoms with Crippen LogP contribution in [0.3, 0.4) is 0 Å². The molecule has 0 aliphatic carbocycles. The van der Waals surface area contributed by atoms with Crippen LogP contribution in [0.4, 0.5) is 11.6 Å². The van der Waals surface area contributed by atoms with Gasteiger partial charge in [-0.3, -0.25) is 0 Å². The molecule has 0 saturated heterocycles. The summed E-state index contributed by atoms with van der Waals surface area (Å²) in [5.41, 5.74) is 10.1. The molecular formula is C17H22N6. The molecule has 0 bridgehead atoms. The van der Waals surface area contributed by atoms with Crippen LogP contribution < -0.4 is 11.1 Å². The molecule has 6 nitrogen and oxygen atoms in total. The topological polar surface area (TPSA) is 73.7 Å². The minimum atomic E-state index is 0.202. The van der Waals surface area contributed by atoms with Crippen molar-refractivity contribution in [1.29, 1.82) is 0 Å². The van der Waals surface area contributed by atoms with E-state index in [0.717, 1.165) is 29.7 Å². The molecule has 0 unspecified atom stereocenters. The molecule has 3 heterocycles. The van der Waals surface area contributed by atoms with Crippen LogP contribution in [-0.2, 0) is 20.0 Å². The lowest BCUT2D eigenvalue weighted by atomic mass is 10.1. The Morgan fingerprint density at radius 2 is 2.17 bits per heavy atom. The average molecular weight is 310 g/mol. The van der Waals surface area contributed by atoms with Crippen LogP contribution >= 0.6 is 0 Å². The summed E-state index contributed by atoms with van der Waals surface area (Å²) in [6, 6.07) is 6.38. The van der Waals surface area contributed by atoms with Crippen LogP contribution in [-0.4, -0.2) is 19.1 Å². The van der Waals surface area contributed by atoms with Gasteiger partial charge in [0.05, 0.1) is 29.0 Å². The second-order valence-electron chi connectivity index (χ2n) is 6.31. The lowest BCUT2D eigenvalue weighted by molar-refractivity contribution is 0.502. The van der Waals surface area contributed by atoms with Gasteiger partial charge in [-0.05, 0) is 38.0 Å². The highest BCUT2D eigenvalue weighted by Crippen LogP contribution is 2.26. The minimum Gasteiger partial charge on any atom is -0.377 e. The van der Waals surface area contributed by atoms with Gasteiger partial charge >= 0.3 is 0 Å². The van der Waals surface area contributed by atoms with Gasteiger partial charge in [-0.1, -0.05) is 0 Å². The summed E-state index contributed by atoms with van der Waals surface area (Å²) in [5.74, 6) is 1.75. The van der Waals surface area contributed by atoms with Crippen molar-refractivity contribution in [2.75, 3.05) is 11.1 Å².